The number of hydrogen-bond donors (Lipinski definition) is 1. The van der Waals surface area contributed by atoms with Crippen LogP contribution >= 0.6 is 0 Å². The highest BCUT2D eigenvalue weighted by atomic mass is 16.2. The number of aromatic nitrogens is 3. The molecule has 1 fully saturated rings. The van der Waals surface area contributed by atoms with E-state index in [0.29, 0.717) is 5.82 Å². The molecule has 1 N–H and O–H groups in total. The molecule has 0 bridgehead atoms. The van der Waals surface area contributed by atoms with Crippen molar-refractivity contribution < 1.29 is 4.79 Å². The predicted molar refractivity (Wildman–Crippen MR) is 73.9 cm³/mol. The van der Waals surface area contributed by atoms with E-state index in [0.717, 1.165) is 50.5 Å². The molecule has 0 aromatic carbocycles. The fourth-order valence-corrected chi connectivity index (χ4v) is 2.71. The molecule has 1 aromatic heterocycles. The highest BCUT2D eigenvalue weighted by Gasteiger charge is 2.25. The number of nitrogens with one attached hydrogen (secondary N) is 1. The number of H-pyrrole nitrogens is 1. The van der Waals surface area contributed by atoms with Crippen molar-refractivity contribution in [3.8, 4) is 0 Å². The van der Waals surface area contributed by atoms with Crippen LogP contribution in [0.25, 0.3) is 0 Å². The third-order valence-corrected chi connectivity index (χ3v) is 3.81. The minimum absolute atomic E-state index is 0.0199. The van der Waals surface area contributed by atoms with Gasteiger partial charge in [0, 0.05) is 19.5 Å². The van der Waals surface area contributed by atoms with Gasteiger partial charge in [0.2, 0.25) is 5.82 Å². The Morgan fingerprint density at radius 3 is 2.68 bits per heavy atom. The van der Waals surface area contributed by atoms with Crippen molar-refractivity contribution in [2.45, 2.75) is 52.4 Å². The minimum atomic E-state index is -0.0199. The maximum Gasteiger partial charge on any atom is 0.293 e. The summed E-state index contributed by atoms with van der Waals surface area (Å²) in [5.41, 5.74) is 0. The minimum Gasteiger partial charge on any atom is -0.336 e. The van der Waals surface area contributed by atoms with Gasteiger partial charge in [0.15, 0.2) is 0 Å². The normalized spacial score (nSPS) is 16.8. The van der Waals surface area contributed by atoms with Crippen molar-refractivity contribution in [1.29, 1.82) is 0 Å². The quantitative estimate of drug-likeness (QED) is 0.888. The van der Waals surface area contributed by atoms with Crippen LogP contribution in [0.2, 0.25) is 0 Å². The fraction of sp³-hybridized carbons (Fsp3) is 0.786. The second-order valence-corrected chi connectivity index (χ2v) is 5.38. The number of amides is 1. The highest BCUT2D eigenvalue weighted by Crippen LogP contribution is 2.22. The second-order valence-electron chi connectivity index (χ2n) is 5.38. The molecule has 5 heteroatoms. The van der Waals surface area contributed by atoms with Gasteiger partial charge in [0.05, 0.1) is 0 Å². The van der Waals surface area contributed by atoms with Gasteiger partial charge in [0.25, 0.3) is 5.91 Å². The van der Waals surface area contributed by atoms with Gasteiger partial charge in [-0.2, -0.15) is 0 Å². The molecule has 106 valence electrons. The molecule has 0 unspecified atom stereocenters. The third-order valence-electron chi connectivity index (χ3n) is 3.81. The zero-order valence-corrected chi connectivity index (χ0v) is 12.0. The summed E-state index contributed by atoms with van der Waals surface area (Å²) in [4.78, 5) is 18.4. The Morgan fingerprint density at radius 1 is 1.32 bits per heavy atom. The summed E-state index contributed by atoms with van der Waals surface area (Å²) in [7, 11) is 0. The monoisotopic (exact) mass is 264 g/mol. The summed E-state index contributed by atoms with van der Waals surface area (Å²) >= 11 is 0. The average Bonchev–Trinajstić information content (AvgIpc) is 2.88. The molecule has 0 radical (unpaired) electrons. The fourth-order valence-electron chi connectivity index (χ4n) is 2.71. The lowest BCUT2D eigenvalue weighted by molar-refractivity contribution is 0.0674. The Kier molecular flexibility index (Phi) is 4.93. The van der Waals surface area contributed by atoms with Crippen molar-refractivity contribution >= 4 is 5.91 Å². The molecule has 0 atom stereocenters. The van der Waals surface area contributed by atoms with Crippen LogP contribution in [0.5, 0.6) is 0 Å². The molecule has 1 aromatic rings. The largest absolute Gasteiger partial charge is 0.336 e. The maximum atomic E-state index is 12.3. The summed E-state index contributed by atoms with van der Waals surface area (Å²) < 4.78 is 0. The number of rotatable bonds is 5. The van der Waals surface area contributed by atoms with Crippen LogP contribution in [0.1, 0.15) is 62.4 Å². The molecule has 5 nitrogen and oxygen atoms in total. The van der Waals surface area contributed by atoms with E-state index < -0.39 is 0 Å². The summed E-state index contributed by atoms with van der Waals surface area (Å²) in [6.07, 6.45) is 6.60. The summed E-state index contributed by atoms with van der Waals surface area (Å²) in [6, 6.07) is 0. The lowest BCUT2D eigenvalue weighted by Gasteiger charge is -2.31. The smallest absolute Gasteiger partial charge is 0.293 e. The van der Waals surface area contributed by atoms with E-state index >= 15 is 0 Å². The molecule has 0 saturated carbocycles. The van der Waals surface area contributed by atoms with Crippen LogP contribution in [0.3, 0.4) is 0 Å². The predicted octanol–water partition coefficient (Wildman–Crippen LogP) is 2.41. The standard InChI is InChI=1S/C14H24N4O/c1-3-5-11-7-9-18(10-8-11)14(19)13-15-12(6-4-2)16-17-13/h11H,3-10H2,1-2H3,(H,15,16,17). The number of carbonyl (C=O) groups is 1. The van der Waals surface area contributed by atoms with Crippen LogP contribution in [-0.2, 0) is 6.42 Å². The molecule has 0 spiro atoms. The first-order chi connectivity index (χ1) is 9.24. The van der Waals surface area contributed by atoms with Crippen LogP contribution < -0.4 is 0 Å². The molecule has 2 rings (SSSR count). The van der Waals surface area contributed by atoms with Crippen LogP contribution in [-0.4, -0.2) is 39.1 Å². The van der Waals surface area contributed by atoms with Gasteiger partial charge in [-0.15, -0.1) is 5.10 Å². The van der Waals surface area contributed by atoms with Gasteiger partial charge in [-0.1, -0.05) is 26.7 Å². The van der Waals surface area contributed by atoms with Crippen LogP contribution in [0.15, 0.2) is 0 Å². The van der Waals surface area contributed by atoms with Gasteiger partial charge in [-0.25, -0.2) is 4.98 Å². The van der Waals surface area contributed by atoms with Crippen LogP contribution in [0.4, 0.5) is 0 Å². The molecule has 1 aliphatic rings. The Labute approximate surface area is 114 Å². The molecule has 0 aliphatic carbocycles. The molecular formula is C14H24N4O. The van der Waals surface area contributed by atoms with Gasteiger partial charge in [-0.05, 0) is 25.2 Å². The molecular weight excluding hydrogens is 240 g/mol. The van der Waals surface area contributed by atoms with E-state index in [9.17, 15) is 4.79 Å². The van der Waals surface area contributed by atoms with Crippen molar-refractivity contribution in [2.75, 3.05) is 13.1 Å². The van der Waals surface area contributed by atoms with Crippen molar-refractivity contribution in [3.63, 3.8) is 0 Å². The van der Waals surface area contributed by atoms with E-state index in [1.165, 1.54) is 12.8 Å². The first-order valence-corrected chi connectivity index (χ1v) is 7.45. The van der Waals surface area contributed by atoms with E-state index in [1.807, 2.05) is 4.90 Å². The SMILES string of the molecule is CCCc1nc(C(=O)N2CCC(CCC)CC2)n[nH]1. The van der Waals surface area contributed by atoms with E-state index in [4.69, 9.17) is 0 Å². The molecule has 2 heterocycles. The highest BCUT2D eigenvalue weighted by molar-refractivity contribution is 5.90. The maximum absolute atomic E-state index is 12.3. The van der Waals surface area contributed by atoms with E-state index in [-0.39, 0.29) is 5.91 Å². The zero-order valence-electron chi connectivity index (χ0n) is 12.0. The van der Waals surface area contributed by atoms with Gasteiger partial charge < -0.3 is 4.90 Å². The Bertz CT molecular complexity index is 407. The lowest BCUT2D eigenvalue weighted by Crippen LogP contribution is -2.39. The first-order valence-electron chi connectivity index (χ1n) is 7.45. The number of carbonyl (C=O) groups excluding carboxylic acids is 1. The molecule has 19 heavy (non-hydrogen) atoms. The van der Waals surface area contributed by atoms with Gasteiger partial charge in [-0.3, -0.25) is 9.89 Å². The number of aromatic amines is 1. The average molecular weight is 264 g/mol. The number of hydrogen-bond acceptors (Lipinski definition) is 3. The zero-order chi connectivity index (χ0) is 13.7. The molecule has 1 amide bonds. The van der Waals surface area contributed by atoms with Crippen molar-refractivity contribution in [3.05, 3.63) is 11.6 Å². The topological polar surface area (TPSA) is 61.9 Å². The van der Waals surface area contributed by atoms with Crippen molar-refractivity contribution in [2.24, 2.45) is 5.92 Å². The third kappa shape index (κ3) is 3.55. The molecule has 1 aliphatic heterocycles. The van der Waals surface area contributed by atoms with Crippen LogP contribution in [0, 0.1) is 5.92 Å². The van der Waals surface area contributed by atoms with E-state index in [2.05, 4.69) is 29.0 Å². The second kappa shape index (κ2) is 6.68. The first kappa shape index (κ1) is 14.0. The van der Waals surface area contributed by atoms with Crippen molar-refractivity contribution in [1.82, 2.24) is 20.1 Å². The summed E-state index contributed by atoms with van der Waals surface area (Å²) in [5.74, 6) is 1.91. The van der Waals surface area contributed by atoms with Gasteiger partial charge in [0.1, 0.15) is 5.82 Å². The number of likely N-dealkylation sites (tertiary alicyclic amines) is 1. The lowest BCUT2D eigenvalue weighted by atomic mass is 9.92. The summed E-state index contributed by atoms with van der Waals surface area (Å²) in [6.45, 7) is 6.01. The van der Waals surface area contributed by atoms with E-state index in [1.54, 1.807) is 0 Å². The number of piperidine rings is 1. The molecule has 1 saturated heterocycles. The number of nitrogens with zero attached hydrogens (tertiary/aromatic N) is 3. The Balaban J connectivity index is 1.89. The number of aryl methyl sites for hydroxylation is 1. The Hall–Kier alpha value is -1.39. The Morgan fingerprint density at radius 2 is 2.05 bits per heavy atom. The summed E-state index contributed by atoms with van der Waals surface area (Å²) in [5, 5.41) is 6.89. The van der Waals surface area contributed by atoms with Gasteiger partial charge >= 0.3 is 0 Å².